The van der Waals surface area contributed by atoms with Gasteiger partial charge in [-0.05, 0) is 42.2 Å². The van der Waals surface area contributed by atoms with Gasteiger partial charge in [0.25, 0.3) is 0 Å². The number of benzene rings is 1. The van der Waals surface area contributed by atoms with Crippen molar-refractivity contribution in [3.8, 4) is 0 Å². The third-order valence-electron chi connectivity index (χ3n) is 3.90. The molecule has 0 radical (unpaired) electrons. The number of likely N-dealkylation sites (N-methyl/N-ethyl adjacent to an activating group) is 1. The van der Waals surface area contributed by atoms with E-state index in [2.05, 4.69) is 35.5 Å². The van der Waals surface area contributed by atoms with Gasteiger partial charge >= 0.3 is 0 Å². The number of carbonyl (C=O) groups is 1. The highest BCUT2D eigenvalue weighted by molar-refractivity contribution is 7.10. The normalized spacial score (nSPS) is 12.3. The fraction of sp³-hybridized carbons (Fsp3) is 0.389. The third-order valence-corrected chi connectivity index (χ3v) is 4.87. The summed E-state index contributed by atoms with van der Waals surface area (Å²) in [7, 11) is 0. The lowest BCUT2D eigenvalue weighted by Gasteiger charge is -2.29. The van der Waals surface area contributed by atoms with Crippen LogP contribution in [-0.2, 0) is 11.2 Å². The molecule has 1 N–H and O–H groups in total. The van der Waals surface area contributed by atoms with E-state index in [0.29, 0.717) is 6.54 Å². The van der Waals surface area contributed by atoms with Crippen molar-refractivity contribution >= 4 is 17.2 Å². The Morgan fingerprint density at radius 3 is 2.48 bits per heavy atom. The summed E-state index contributed by atoms with van der Waals surface area (Å²) in [5.41, 5.74) is 0.819. The molecule has 0 aliphatic heterocycles. The van der Waals surface area contributed by atoms with Crippen LogP contribution in [0.15, 0.2) is 41.8 Å². The molecule has 0 bridgehead atoms. The van der Waals surface area contributed by atoms with Crippen LogP contribution < -0.4 is 5.32 Å². The predicted octanol–water partition coefficient (Wildman–Crippen LogP) is 3.63. The number of amides is 1. The Kier molecular flexibility index (Phi) is 6.74. The van der Waals surface area contributed by atoms with Crippen molar-refractivity contribution < 1.29 is 9.18 Å². The van der Waals surface area contributed by atoms with Gasteiger partial charge in [0.15, 0.2) is 0 Å². The molecule has 1 atom stereocenters. The number of hydrogen-bond donors (Lipinski definition) is 1. The van der Waals surface area contributed by atoms with E-state index < -0.39 is 0 Å². The summed E-state index contributed by atoms with van der Waals surface area (Å²) in [6.45, 7) is 6.72. The molecule has 0 aliphatic carbocycles. The van der Waals surface area contributed by atoms with Gasteiger partial charge in [-0.25, -0.2) is 4.39 Å². The molecular weight excluding hydrogens is 311 g/mol. The number of rotatable bonds is 8. The largest absolute Gasteiger partial charge is 0.354 e. The van der Waals surface area contributed by atoms with Crippen LogP contribution in [0.1, 0.15) is 30.3 Å². The Labute approximate surface area is 141 Å². The summed E-state index contributed by atoms with van der Waals surface area (Å²) in [6.07, 6.45) is 0.274. The highest BCUT2D eigenvalue weighted by Crippen LogP contribution is 2.24. The molecule has 23 heavy (non-hydrogen) atoms. The molecule has 1 heterocycles. The van der Waals surface area contributed by atoms with Gasteiger partial charge in [0.1, 0.15) is 5.82 Å². The maximum Gasteiger partial charge on any atom is 0.224 e. The maximum atomic E-state index is 12.9. The SMILES string of the molecule is CCN(CC)C(CNC(=O)Cc1ccc(F)cc1)c1cccs1. The molecule has 124 valence electrons. The molecule has 5 heteroatoms. The number of hydrogen-bond acceptors (Lipinski definition) is 3. The zero-order valence-corrected chi connectivity index (χ0v) is 14.4. The van der Waals surface area contributed by atoms with Crippen molar-refractivity contribution in [3.05, 3.63) is 58.0 Å². The summed E-state index contributed by atoms with van der Waals surface area (Å²) in [5.74, 6) is -0.321. The van der Waals surface area contributed by atoms with Gasteiger partial charge in [-0.2, -0.15) is 0 Å². The first-order valence-electron chi connectivity index (χ1n) is 7.92. The molecule has 3 nitrogen and oxygen atoms in total. The zero-order chi connectivity index (χ0) is 16.7. The lowest BCUT2D eigenvalue weighted by Crippen LogP contribution is -2.38. The summed E-state index contributed by atoms with van der Waals surface area (Å²) in [4.78, 5) is 15.7. The molecule has 1 aromatic heterocycles. The molecule has 0 saturated carbocycles. The highest BCUT2D eigenvalue weighted by atomic mass is 32.1. The lowest BCUT2D eigenvalue weighted by molar-refractivity contribution is -0.120. The van der Waals surface area contributed by atoms with Crippen molar-refractivity contribution in [1.29, 1.82) is 0 Å². The number of thiophene rings is 1. The summed E-state index contributed by atoms with van der Waals surface area (Å²) < 4.78 is 12.9. The van der Waals surface area contributed by atoms with Gasteiger partial charge in [0.2, 0.25) is 5.91 Å². The minimum atomic E-state index is -0.284. The molecule has 1 unspecified atom stereocenters. The first-order chi connectivity index (χ1) is 11.1. The average molecular weight is 334 g/mol. The fourth-order valence-corrected chi connectivity index (χ4v) is 3.48. The Hall–Kier alpha value is -1.72. The predicted molar refractivity (Wildman–Crippen MR) is 93.1 cm³/mol. The van der Waals surface area contributed by atoms with E-state index in [-0.39, 0.29) is 24.2 Å². The minimum absolute atomic E-state index is 0.0367. The summed E-state index contributed by atoms with van der Waals surface area (Å²) in [6, 6.07) is 10.4. The molecule has 0 aliphatic rings. The molecule has 2 rings (SSSR count). The van der Waals surface area contributed by atoms with E-state index in [4.69, 9.17) is 0 Å². The van der Waals surface area contributed by atoms with Gasteiger partial charge < -0.3 is 5.32 Å². The van der Waals surface area contributed by atoms with Gasteiger partial charge in [0.05, 0.1) is 12.5 Å². The van der Waals surface area contributed by atoms with Crippen molar-refractivity contribution in [2.75, 3.05) is 19.6 Å². The van der Waals surface area contributed by atoms with E-state index in [9.17, 15) is 9.18 Å². The van der Waals surface area contributed by atoms with Gasteiger partial charge in [0, 0.05) is 11.4 Å². The molecule has 0 saturated heterocycles. The van der Waals surface area contributed by atoms with E-state index in [1.165, 1.54) is 17.0 Å². The Bertz CT molecular complexity index is 594. The van der Waals surface area contributed by atoms with Crippen LogP contribution in [0.25, 0.3) is 0 Å². The van der Waals surface area contributed by atoms with Gasteiger partial charge in [-0.3, -0.25) is 9.69 Å². The van der Waals surface area contributed by atoms with Crippen LogP contribution in [0.2, 0.25) is 0 Å². The van der Waals surface area contributed by atoms with Crippen molar-refractivity contribution in [2.45, 2.75) is 26.3 Å². The van der Waals surface area contributed by atoms with E-state index >= 15 is 0 Å². The van der Waals surface area contributed by atoms with Crippen molar-refractivity contribution in [1.82, 2.24) is 10.2 Å². The second-order valence-electron chi connectivity index (χ2n) is 5.36. The number of carbonyl (C=O) groups excluding carboxylic acids is 1. The first-order valence-corrected chi connectivity index (χ1v) is 8.80. The van der Waals surface area contributed by atoms with E-state index in [1.54, 1.807) is 23.5 Å². The van der Waals surface area contributed by atoms with Crippen LogP contribution >= 0.6 is 11.3 Å². The standard InChI is InChI=1S/C18H23FN2OS/c1-3-21(4-2)16(17-6-5-11-23-17)13-20-18(22)12-14-7-9-15(19)10-8-14/h5-11,16H,3-4,12-13H2,1-2H3,(H,20,22). The van der Waals surface area contributed by atoms with Crippen molar-refractivity contribution in [2.24, 2.45) is 0 Å². The van der Waals surface area contributed by atoms with Crippen LogP contribution in [0.5, 0.6) is 0 Å². The molecule has 1 aromatic carbocycles. The molecule has 0 fully saturated rings. The molecule has 1 amide bonds. The summed E-state index contributed by atoms with van der Waals surface area (Å²) >= 11 is 1.71. The molecule has 2 aromatic rings. The summed E-state index contributed by atoms with van der Waals surface area (Å²) in [5, 5.41) is 5.08. The Morgan fingerprint density at radius 2 is 1.91 bits per heavy atom. The van der Waals surface area contributed by atoms with Crippen molar-refractivity contribution in [3.63, 3.8) is 0 Å². The van der Waals surface area contributed by atoms with Crippen LogP contribution in [0, 0.1) is 5.82 Å². The van der Waals surface area contributed by atoms with E-state index in [0.717, 1.165) is 18.7 Å². The minimum Gasteiger partial charge on any atom is -0.354 e. The highest BCUT2D eigenvalue weighted by Gasteiger charge is 2.19. The number of nitrogens with zero attached hydrogens (tertiary/aromatic N) is 1. The second-order valence-corrected chi connectivity index (χ2v) is 6.34. The second kappa shape index (κ2) is 8.79. The molecular formula is C18H23FN2OS. The van der Waals surface area contributed by atoms with Gasteiger partial charge in [-0.15, -0.1) is 11.3 Å². The Morgan fingerprint density at radius 1 is 1.22 bits per heavy atom. The van der Waals surface area contributed by atoms with Crippen LogP contribution in [0.4, 0.5) is 4.39 Å². The van der Waals surface area contributed by atoms with Crippen LogP contribution in [-0.4, -0.2) is 30.4 Å². The number of halogens is 1. The Balaban J connectivity index is 1.95. The fourth-order valence-electron chi connectivity index (χ4n) is 2.62. The quantitative estimate of drug-likeness (QED) is 0.799. The smallest absolute Gasteiger partial charge is 0.224 e. The zero-order valence-electron chi connectivity index (χ0n) is 13.6. The topological polar surface area (TPSA) is 32.3 Å². The van der Waals surface area contributed by atoms with Crippen LogP contribution in [0.3, 0.4) is 0 Å². The first kappa shape index (κ1) is 17.6. The lowest BCUT2D eigenvalue weighted by atomic mass is 10.1. The van der Waals surface area contributed by atoms with E-state index in [1.807, 2.05) is 6.07 Å². The average Bonchev–Trinajstić information content (AvgIpc) is 3.08. The van der Waals surface area contributed by atoms with Gasteiger partial charge in [-0.1, -0.05) is 32.0 Å². The molecule has 0 spiro atoms. The maximum absolute atomic E-state index is 12.9. The monoisotopic (exact) mass is 334 g/mol. The number of nitrogens with one attached hydrogen (secondary N) is 1. The third kappa shape index (κ3) is 5.15.